The summed E-state index contributed by atoms with van der Waals surface area (Å²) in [4.78, 5) is 16.3. The fraction of sp³-hybridized carbons (Fsp3) is 0.375. The summed E-state index contributed by atoms with van der Waals surface area (Å²) in [6, 6.07) is 7.37. The van der Waals surface area contributed by atoms with E-state index in [2.05, 4.69) is 15.6 Å². The summed E-state index contributed by atoms with van der Waals surface area (Å²) < 4.78 is 5.48. The number of carbonyl (C=O) groups excluding carboxylic acids is 1. The third-order valence-electron chi connectivity index (χ3n) is 3.27. The number of pyridine rings is 1. The van der Waals surface area contributed by atoms with Gasteiger partial charge in [-0.3, -0.25) is 4.98 Å². The number of urea groups is 1. The normalized spacial score (nSPS) is 12.0. The van der Waals surface area contributed by atoms with Crippen LogP contribution < -0.4 is 10.6 Å². The molecule has 0 fully saturated rings. The van der Waals surface area contributed by atoms with Crippen LogP contribution in [0.5, 0.6) is 0 Å². The van der Waals surface area contributed by atoms with Crippen LogP contribution in [0.25, 0.3) is 0 Å². The monoisotopic (exact) mass is 287 g/mol. The number of rotatable bonds is 4. The summed E-state index contributed by atoms with van der Waals surface area (Å²) in [5.74, 6) is 1.68. The molecule has 0 aromatic carbocycles. The van der Waals surface area contributed by atoms with Gasteiger partial charge in [-0.05, 0) is 45.9 Å². The van der Waals surface area contributed by atoms with Crippen LogP contribution in [0.15, 0.2) is 28.7 Å². The number of hydrogen-bond acceptors (Lipinski definition) is 3. The molecule has 0 spiro atoms. The molecule has 112 valence electrons. The van der Waals surface area contributed by atoms with Crippen molar-refractivity contribution in [1.82, 2.24) is 15.6 Å². The highest BCUT2D eigenvalue weighted by atomic mass is 16.3. The van der Waals surface area contributed by atoms with E-state index in [0.717, 1.165) is 28.5 Å². The highest BCUT2D eigenvalue weighted by molar-refractivity contribution is 5.74. The molecular formula is C16H21N3O2. The van der Waals surface area contributed by atoms with Crippen LogP contribution in [0.3, 0.4) is 0 Å². The molecule has 21 heavy (non-hydrogen) atoms. The Bertz CT molecular complexity index is 634. The Kier molecular flexibility index (Phi) is 4.62. The molecule has 0 aliphatic heterocycles. The molecular weight excluding hydrogens is 266 g/mol. The third kappa shape index (κ3) is 4.08. The van der Waals surface area contributed by atoms with Gasteiger partial charge in [0, 0.05) is 11.3 Å². The Balaban J connectivity index is 1.88. The van der Waals surface area contributed by atoms with Crippen molar-refractivity contribution in [3.8, 4) is 0 Å². The molecule has 1 atom stereocenters. The average Bonchev–Trinajstić information content (AvgIpc) is 2.75. The molecule has 1 unspecified atom stereocenters. The largest absolute Gasteiger partial charge is 0.466 e. The molecule has 2 rings (SSSR count). The zero-order valence-corrected chi connectivity index (χ0v) is 12.9. The zero-order valence-electron chi connectivity index (χ0n) is 12.9. The van der Waals surface area contributed by atoms with Crippen molar-refractivity contribution < 1.29 is 9.21 Å². The van der Waals surface area contributed by atoms with Crippen LogP contribution in [0.1, 0.15) is 41.4 Å². The molecule has 0 radical (unpaired) electrons. The van der Waals surface area contributed by atoms with Gasteiger partial charge >= 0.3 is 6.03 Å². The first-order valence-corrected chi connectivity index (χ1v) is 6.99. The first-order valence-electron chi connectivity index (χ1n) is 6.99. The molecule has 2 aromatic heterocycles. The smallest absolute Gasteiger partial charge is 0.315 e. The first kappa shape index (κ1) is 15.1. The van der Waals surface area contributed by atoms with Crippen molar-refractivity contribution in [3.05, 3.63) is 52.7 Å². The maximum atomic E-state index is 11.9. The fourth-order valence-corrected chi connectivity index (χ4v) is 2.27. The zero-order chi connectivity index (χ0) is 15.4. The minimum Gasteiger partial charge on any atom is -0.466 e. The molecule has 0 saturated carbocycles. The maximum Gasteiger partial charge on any atom is 0.315 e. The fourth-order valence-electron chi connectivity index (χ4n) is 2.27. The molecule has 5 heteroatoms. The molecule has 2 heterocycles. The standard InChI is InChI=1S/C16H21N3O2/c1-10-6-5-7-14(18-10)9-17-16(20)19-12(3)15-8-11(2)21-13(15)4/h5-8,12H,9H2,1-4H3,(H2,17,19,20). The molecule has 0 aliphatic rings. The van der Waals surface area contributed by atoms with Crippen LogP contribution in [0.4, 0.5) is 4.79 Å². The van der Waals surface area contributed by atoms with Gasteiger partial charge in [-0.15, -0.1) is 0 Å². The summed E-state index contributed by atoms with van der Waals surface area (Å²) in [5.41, 5.74) is 2.78. The van der Waals surface area contributed by atoms with Crippen molar-refractivity contribution in [3.63, 3.8) is 0 Å². The van der Waals surface area contributed by atoms with Crippen LogP contribution in [-0.2, 0) is 6.54 Å². The van der Waals surface area contributed by atoms with Gasteiger partial charge in [-0.25, -0.2) is 4.79 Å². The van der Waals surface area contributed by atoms with E-state index in [4.69, 9.17) is 4.42 Å². The van der Waals surface area contributed by atoms with Crippen LogP contribution in [0, 0.1) is 20.8 Å². The van der Waals surface area contributed by atoms with Gasteiger partial charge in [0.15, 0.2) is 0 Å². The van der Waals surface area contributed by atoms with Gasteiger partial charge < -0.3 is 15.1 Å². The Morgan fingerprint density at radius 1 is 1.33 bits per heavy atom. The lowest BCUT2D eigenvalue weighted by Crippen LogP contribution is -2.36. The number of aryl methyl sites for hydroxylation is 3. The number of hydrogen-bond donors (Lipinski definition) is 2. The second-order valence-electron chi connectivity index (χ2n) is 5.19. The Morgan fingerprint density at radius 3 is 2.71 bits per heavy atom. The minimum absolute atomic E-state index is 0.104. The van der Waals surface area contributed by atoms with E-state index in [1.807, 2.05) is 52.0 Å². The van der Waals surface area contributed by atoms with Gasteiger partial charge in [0.1, 0.15) is 11.5 Å². The van der Waals surface area contributed by atoms with Gasteiger partial charge in [-0.2, -0.15) is 0 Å². The van der Waals surface area contributed by atoms with E-state index in [9.17, 15) is 4.79 Å². The third-order valence-corrected chi connectivity index (χ3v) is 3.27. The average molecular weight is 287 g/mol. The summed E-state index contributed by atoms with van der Waals surface area (Å²) in [5, 5.41) is 5.71. The molecule has 0 bridgehead atoms. The number of aromatic nitrogens is 1. The van der Waals surface area contributed by atoms with E-state index >= 15 is 0 Å². The van der Waals surface area contributed by atoms with E-state index in [1.165, 1.54) is 0 Å². The predicted molar refractivity (Wildman–Crippen MR) is 80.9 cm³/mol. The molecule has 2 N–H and O–H groups in total. The van der Waals surface area contributed by atoms with E-state index in [1.54, 1.807) is 0 Å². The molecule has 2 aromatic rings. The molecule has 5 nitrogen and oxygen atoms in total. The second-order valence-corrected chi connectivity index (χ2v) is 5.19. The van der Waals surface area contributed by atoms with E-state index in [0.29, 0.717) is 6.54 Å². The number of amides is 2. The second kappa shape index (κ2) is 6.43. The number of nitrogens with zero attached hydrogens (tertiary/aromatic N) is 1. The van der Waals surface area contributed by atoms with Crippen molar-refractivity contribution >= 4 is 6.03 Å². The maximum absolute atomic E-state index is 11.9. The lowest BCUT2D eigenvalue weighted by Gasteiger charge is -2.14. The van der Waals surface area contributed by atoms with Crippen molar-refractivity contribution in [2.75, 3.05) is 0 Å². The summed E-state index contributed by atoms with van der Waals surface area (Å²) in [6.45, 7) is 8.06. The lowest BCUT2D eigenvalue weighted by molar-refractivity contribution is 0.237. The molecule has 2 amide bonds. The van der Waals surface area contributed by atoms with Gasteiger partial charge in [0.2, 0.25) is 0 Å². The Labute approximate surface area is 124 Å². The summed E-state index contributed by atoms with van der Waals surface area (Å²) in [7, 11) is 0. The predicted octanol–water partition coefficient (Wildman–Crippen LogP) is 3.16. The summed E-state index contributed by atoms with van der Waals surface area (Å²) >= 11 is 0. The SMILES string of the molecule is Cc1cccc(CNC(=O)NC(C)c2cc(C)oc2C)n1. The van der Waals surface area contributed by atoms with Crippen LogP contribution >= 0.6 is 0 Å². The first-order chi connectivity index (χ1) is 9.95. The topological polar surface area (TPSA) is 67.2 Å². The highest BCUT2D eigenvalue weighted by Crippen LogP contribution is 2.20. The van der Waals surface area contributed by atoms with Crippen LogP contribution in [0.2, 0.25) is 0 Å². The minimum atomic E-state index is -0.218. The quantitative estimate of drug-likeness (QED) is 0.907. The molecule has 0 aliphatic carbocycles. The summed E-state index contributed by atoms with van der Waals surface area (Å²) in [6.07, 6.45) is 0. The highest BCUT2D eigenvalue weighted by Gasteiger charge is 2.14. The van der Waals surface area contributed by atoms with Crippen molar-refractivity contribution in [1.29, 1.82) is 0 Å². The number of carbonyl (C=O) groups is 1. The molecule has 0 saturated heterocycles. The van der Waals surface area contributed by atoms with E-state index < -0.39 is 0 Å². The van der Waals surface area contributed by atoms with Crippen molar-refractivity contribution in [2.45, 2.75) is 40.3 Å². The van der Waals surface area contributed by atoms with Gasteiger partial charge in [0.25, 0.3) is 0 Å². The number of nitrogens with one attached hydrogen (secondary N) is 2. The van der Waals surface area contributed by atoms with Crippen LogP contribution in [-0.4, -0.2) is 11.0 Å². The van der Waals surface area contributed by atoms with Gasteiger partial charge in [0.05, 0.1) is 18.3 Å². The van der Waals surface area contributed by atoms with Crippen molar-refractivity contribution in [2.24, 2.45) is 0 Å². The lowest BCUT2D eigenvalue weighted by atomic mass is 10.1. The van der Waals surface area contributed by atoms with Gasteiger partial charge in [-0.1, -0.05) is 6.07 Å². The van der Waals surface area contributed by atoms with E-state index in [-0.39, 0.29) is 12.1 Å². The number of furan rings is 1. The Hall–Kier alpha value is -2.30. The Morgan fingerprint density at radius 2 is 2.10 bits per heavy atom.